The fourth-order valence-corrected chi connectivity index (χ4v) is 5.09. The molecule has 5 heteroatoms. The summed E-state index contributed by atoms with van der Waals surface area (Å²) in [5, 5.41) is 1.30. The fourth-order valence-electron chi connectivity index (χ4n) is 4.84. The van der Waals surface area contributed by atoms with Gasteiger partial charge in [0.1, 0.15) is 0 Å². The molecule has 1 unspecified atom stereocenters. The first-order valence-corrected chi connectivity index (χ1v) is 11.4. The quantitative estimate of drug-likeness (QED) is 0.383. The lowest BCUT2D eigenvalue weighted by Gasteiger charge is -2.40. The number of anilines is 2. The molecule has 1 aliphatic rings. The Morgan fingerprint density at radius 2 is 1.39 bits per heavy atom. The van der Waals surface area contributed by atoms with E-state index in [0.717, 1.165) is 29.8 Å². The Hall–Kier alpha value is -2.49. The molecule has 0 aromatic heterocycles. The van der Waals surface area contributed by atoms with Crippen LogP contribution in [0.3, 0.4) is 0 Å². The van der Waals surface area contributed by atoms with Crippen LogP contribution in [0.5, 0.6) is 0 Å². The number of hydrogen-bond donors (Lipinski definition) is 0. The highest BCUT2D eigenvalue weighted by Crippen LogP contribution is 2.51. The summed E-state index contributed by atoms with van der Waals surface area (Å²) in [6.45, 7) is 6.41. The number of benzene rings is 3. The Kier molecular flexibility index (Phi) is 6.00. The van der Waals surface area contributed by atoms with Crippen LogP contribution in [0.15, 0.2) is 72.8 Å². The van der Waals surface area contributed by atoms with Gasteiger partial charge in [-0.1, -0.05) is 66.9 Å². The van der Waals surface area contributed by atoms with Crippen molar-refractivity contribution in [3.8, 4) is 0 Å². The summed E-state index contributed by atoms with van der Waals surface area (Å²) in [5.74, 6) is 0. The minimum atomic E-state index is -0.418. The summed E-state index contributed by atoms with van der Waals surface area (Å²) in [4.78, 5) is 18.0. The zero-order valence-corrected chi connectivity index (χ0v) is 19.5. The van der Waals surface area contributed by atoms with E-state index >= 15 is 0 Å². The van der Waals surface area contributed by atoms with Gasteiger partial charge in [0.15, 0.2) is 0 Å². The van der Waals surface area contributed by atoms with Crippen molar-refractivity contribution in [1.82, 2.24) is 0 Å². The Bertz CT molecular complexity index is 1080. The van der Waals surface area contributed by atoms with Crippen molar-refractivity contribution in [2.45, 2.75) is 45.2 Å². The molecule has 0 spiro atoms. The van der Waals surface area contributed by atoms with Crippen LogP contribution in [0.4, 0.5) is 16.2 Å². The van der Waals surface area contributed by atoms with Crippen molar-refractivity contribution in [1.29, 1.82) is 0 Å². The van der Waals surface area contributed by atoms with Crippen LogP contribution in [-0.4, -0.2) is 11.6 Å². The molecule has 160 valence electrons. The van der Waals surface area contributed by atoms with Gasteiger partial charge in [0.2, 0.25) is 0 Å². The lowest BCUT2D eigenvalue weighted by atomic mass is 9.79. The molecule has 0 radical (unpaired) electrons. The number of aryl methyl sites for hydroxylation is 1. The zero-order chi connectivity index (χ0) is 22.2. The molecular weight excluding hydrogens is 427 g/mol. The Balaban J connectivity index is 1.96. The van der Waals surface area contributed by atoms with E-state index in [1.54, 1.807) is 0 Å². The largest absolute Gasteiger partial charge is 0.330 e. The molecule has 3 aromatic carbocycles. The van der Waals surface area contributed by atoms with Crippen molar-refractivity contribution < 1.29 is 4.79 Å². The van der Waals surface area contributed by atoms with E-state index in [9.17, 15) is 4.79 Å². The maximum atomic E-state index is 14.1. The van der Waals surface area contributed by atoms with Crippen LogP contribution < -0.4 is 9.80 Å². The molecule has 1 heterocycles. The van der Waals surface area contributed by atoms with Gasteiger partial charge in [0.05, 0.1) is 11.6 Å². The average Bonchev–Trinajstić information content (AvgIpc) is 3.04. The standard InChI is InChI=1S/C26H26Cl2N2O/c1-4-26(5-2)24(19-8-6-7-18(3)17-19)29(22-13-9-20(27)10-14-22)25(31)30(26)23-15-11-21(28)12-16-23/h6-17,24H,4-5H2,1-3H3. The van der Waals surface area contributed by atoms with Crippen molar-refractivity contribution in [3.05, 3.63) is 94.0 Å². The fraction of sp³-hybridized carbons (Fsp3) is 0.269. The van der Waals surface area contributed by atoms with Crippen LogP contribution in [0.2, 0.25) is 10.0 Å². The molecule has 4 rings (SSSR count). The van der Waals surface area contributed by atoms with E-state index < -0.39 is 5.54 Å². The average molecular weight is 453 g/mol. The van der Waals surface area contributed by atoms with E-state index in [2.05, 4.69) is 45.0 Å². The minimum Gasteiger partial charge on any atom is -0.285 e. The maximum Gasteiger partial charge on any atom is 0.330 e. The van der Waals surface area contributed by atoms with E-state index in [1.165, 1.54) is 5.56 Å². The molecular formula is C26H26Cl2N2O. The topological polar surface area (TPSA) is 23.6 Å². The number of halogens is 2. The second-order valence-corrected chi connectivity index (χ2v) is 8.94. The van der Waals surface area contributed by atoms with Crippen LogP contribution in [0.1, 0.15) is 43.9 Å². The van der Waals surface area contributed by atoms with Crippen LogP contribution in [0.25, 0.3) is 0 Å². The lowest BCUT2D eigenvalue weighted by Crippen LogP contribution is -2.47. The van der Waals surface area contributed by atoms with Crippen molar-refractivity contribution >= 4 is 40.6 Å². The highest BCUT2D eigenvalue weighted by Gasteiger charge is 2.56. The van der Waals surface area contributed by atoms with Gasteiger partial charge in [-0.05, 0) is 73.9 Å². The number of carbonyl (C=O) groups excluding carboxylic acids is 1. The Morgan fingerprint density at radius 3 is 1.90 bits per heavy atom. The molecule has 1 fully saturated rings. The number of rotatable bonds is 5. The van der Waals surface area contributed by atoms with Crippen molar-refractivity contribution in [2.75, 3.05) is 9.80 Å². The third-order valence-corrected chi connectivity index (χ3v) is 6.89. The molecule has 1 aliphatic heterocycles. The zero-order valence-electron chi connectivity index (χ0n) is 18.0. The summed E-state index contributed by atoms with van der Waals surface area (Å²) in [6.07, 6.45) is 1.61. The Morgan fingerprint density at radius 1 is 0.839 bits per heavy atom. The van der Waals surface area contributed by atoms with E-state index in [0.29, 0.717) is 10.0 Å². The van der Waals surface area contributed by atoms with E-state index in [1.807, 2.05) is 58.3 Å². The van der Waals surface area contributed by atoms with Gasteiger partial charge in [-0.25, -0.2) is 4.79 Å². The maximum absolute atomic E-state index is 14.1. The molecule has 3 aromatic rings. The monoisotopic (exact) mass is 452 g/mol. The number of nitrogens with zero attached hydrogens (tertiary/aromatic N) is 2. The Labute approximate surface area is 194 Å². The predicted octanol–water partition coefficient (Wildman–Crippen LogP) is 8.05. The number of hydrogen-bond acceptors (Lipinski definition) is 1. The van der Waals surface area contributed by atoms with Gasteiger partial charge in [0.25, 0.3) is 0 Å². The summed E-state index contributed by atoms with van der Waals surface area (Å²) in [5.41, 5.74) is 3.57. The van der Waals surface area contributed by atoms with Crippen LogP contribution >= 0.6 is 23.2 Å². The molecule has 0 aliphatic carbocycles. The second kappa shape index (κ2) is 8.57. The molecule has 1 atom stereocenters. The first kappa shape index (κ1) is 21.7. The molecule has 0 bridgehead atoms. The molecule has 3 nitrogen and oxygen atoms in total. The van der Waals surface area contributed by atoms with Gasteiger partial charge in [-0.15, -0.1) is 0 Å². The first-order chi connectivity index (χ1) is 14.9. The molecule has 0 N–H and O–H groups in total. The lowest BCUT2D eigenvalue weighted by molar-refractivity contribution is 0.253. The summed E-state index contributed by atoms with van der Waals surface area (Å²) in [7, 11) is 0. The van der Waals surface area contributed by atoms with Crippen molar-refractivity contribution in [3.63, 3.8) is 0 Å². The second-order valence-electron chi connectivity index (χ2n) is 8.07. The van der Waals surface area contributed by atoms with Crippen molar-refractivity contribution in [2.24, 2.45) is 0 Å². The SMILES string of the molecule is CCC1(CC)C(c2cccc(C)c2)N(c2ccc(Cl)cc2)C(=O)N1c1ccc(Cl)cc1. The number of amides is 2. The third kappa shape index (κ3) is 3.71. The molecule has 1 saturated heterocycles. The van der Waals surface area contributed by atoms with Gasteiger partial charge >= 0.3 is 6.03 Å². The van der Waals surface area contributed by atoms with Gasteiger partial charge in [-0.2, -0.15) is 0 Å². The summed E-state index contributed by atoms with van der Waals surface area (Å²) >= 11 is 12.3. The molecule has 0 saturated carbocycles. The van der Waals surface area contributed by atoms with E-state index in [4.69, 9.17) is 23.2 Å². The highest BCUT2D eigenvalue weighted by atomic mass is 35.5. The third-order valence-electron chi connectivity index (χ3n) is 6.38. The smallest absolute Gasteiger partial charge is 0.285 e. The predicted molar refractivity (Wildman–Crippen MR) is 130 cm³/mol. The molecule has 31 heavy (non-hydrogen) atoms. The number of urea groups is 1. The number of carbonyl (C=O) groups is 1. The van der Waals surface area contributed by atoms with Crippen LogP contribution in [-0.2, 0) is 0 Å². The van der Waals surface area contributed by atoms with Crippen LogP contribution in [0, 0.1) is 6.92 Å². The highest BCUT2D eigenvalue weighted by molar-refractivity contribution is 6.31. The van der Waals surface area contributed by atoms with Gasteiger partial charge in [0, 0.05) is 21.4 Å². The van der Waals surface area contributed by atoms with E-state index in [-0.39, 0.29) is 12.1 Å². The summed E-state index contributed by atoms with van der Waals surface area (Å²) in [6, 6.07) is 23.3. The summed E-state index contributed by atoms with van der Waals surface area (Å²) < 4.78 is 0. The normalized spacial score (nSPS) is 18.0. The molecule has 2 amide bonds. The first-order valence-electron chi connectivity index (χ1n) is 10.6. The minimum absolute atomic E-state index is 0.0418. The van der Waals surface area contributed by atoms with Gasteiger partial charge in [-0.3, -0.25) is 9.80 Å². The van der Waals surface area contributed by atoms with Gasteiger partial charge < -0.3 is 0 Å².